The maximum Gasteiger partial charge on any atom is 0.270 e. The second-order valence-corrected chi connectivity index (χ2v) is 5.03. The van der Waals surface area contributed by atoms with Crippen LogP contribution in [0.1, 0.15) is 10.4 Å². The third-order valence-electron chi connectivity index (χ3n) is 3.23. The number of nitrogens with one attached hydrogen (secondary N) is 1. The van der Waals surface area contributed by atoms with Crippen LogP contribution in [-0.2, 0) is 0 Å². The summed E-state index contributed by atoms with van der Waals surface area (Å²) in [5.74, 6) is 1.60. The molecule has 0 radical (unpaired) electrons. The number of nitro groups is 1. The van der Waals surface area contributed by atoms with E-state index in [1.807, 2.05) is 43.4 Å². The lowest BCUT2D eigenvalue weighted by molar-refractivity contribution is -0.384. The molecular formula is C19H17N3O4. The van der Waals surface area contributed by atoms with Crippen LogP contribution in [0.15, 0.2) is 73.1 Å². The molecule has 2 aromatic carbocycles. The van der Waals surface area contributed by atoms with Gasteiger partial charge in [-0.05, 0) is 24.3 Å². The maximum atomic E-state index is 10.2. The summed E-state index contributed by atoms with van der Waals surface area (Å²) in [4.78, 5) is 23.7. The number of carbonyl (C=O) groups excluding carboxylic acids is 1. The van der Waals surface area contributed by atoms with E-state index in [1.54, 1.807) is 12.4 Å². The van der Waals surface area contributed by atoms with Crippen LogP contribution < -0.4 is 10.1 Å². The van der Waals surface area contributed by atoms with Crippen LogP contribution in [0.3, 0.4) is 0 Å². The predicted octanol–water partition coefficient (Wildman–Crippen LogP) is 4.32. The van der Waals surface area contributed by atoms with Gasteiger partial charge in [-0.15, -0.1) is 0 Å². The molecule has 1 heterocycles. The molecule has 1 aromatic heterocycles. The van der Waals surface area contributed by atoms with Crippen LogP contribution >= 0.6 is 0 Å². The molecule has 3 aromatic rings. The Hall–Kier alpha value is -3.74. The summed E-state index contributed by atoms with van der Waals surface area (Å²) in [5.41, 5.74) is 1.29. The number of carbonyl (C=O) groups is 1. The normalized spacial score (nSPS) is 9.42. The molecule has 0 fully saturated rings. The van der Waals surface area contributed by atoms with Crippen molar-refractivity contribution in [2.24, 2.45) is 0 Å². The Kier molecular flexibility index (Phi) is 6.82. The van der Waals surface area contributed by atoms with Crippen LogP contribution in [0.25, 0.3) is 0 Å². The molecule has 0 unspecified atom stereocenters. The van der Waals surface area contributed by atoms with E-state index in [4.69, 9.17) is 4.74 Å². The molecule has 1 N–H and O–H groups in total. The quantitative estimate of drug-likeness (QED) is 0.418. The molecule has 7 heteroatoms. The topological polar surface area (TPSA) is 94.4 Å². The fourth-order valence-electron chi connectivity index (χ4n) is 1.97. The summed E-state index contributed by atoms with van der Waals surface area (Å²) in [6.07, 6.45) is 3.99. The van der Waals surface area contributed by atoms with Crippen molar-refractivity contribution < 1.29 is 14.5 Å². The van der Waals surface area contributed by atoms with E-state index >= 15 is 0 Å². The molecule has 0 bridgehead atoms. The van der Waals surface area contributed by atoms with Crippen molar-refractivity contribution in [1.29, 1.82) is 0 Å². The second-order valence-electron chi connectivity index (χ2n) is 5.03. The number of ether oxygens (including phenoxy) is 1. The summed E-state index contributed by atoms with van der Waals surface area (Å²) in [5, 5.41) is 13.2. The summed E-state index contributed by atoms with van der Waals surface area (Å²) in [7, 11) is 1.88. The molecule has 26 heavy (non-hydrogen) atoms. The van der Waals surface area contributed by atoms with Gasteiger partial charge in [0.25, 0.3) is 5.69 Å². The van der Waals surface area contributed by atoms with Gasteiger partial charge in [0.2, 0.25) is 0 Å². The van der Waals surface area contributed by atoms with Gasteiger partial charge in [-0.1, -0.05) is 18.2 Å². The van der Waals surface area contributed by atoms with Gasteiger partial charge in [0.1, 0.15) is 17.8 Å². The number of hydrogen-bond donors (Lipinski definition) is 1. The summed E-state index contributed by atoms with van der Waals surface area (Å²) in [6, 6.07) is 17.0. The average molecular weight is 351 g/mol. The van der Waals surface area contributed by atoms with Crippen molar-refractivity contribution in [3.05, 3.63) is 88.7 Å². The van der Waals surface area contributed by atoms with E-state index in [1.165, 1.54) is 24.3 Å². The van der Waals surface area contributed by atoms with E-state index in [9.17, 15) is 14.9 Å². The number of rotatable bonds is 5. The number of benzene rings is 2. The Balaban J connectivity index is 0.000000197. The molecule has 0 saturated carbocycles. The Bertz CT molecular complexity index is 869. The standard InChI is InChI=1S/C12H12N2O.C7H5NO3/c1-13-10-3-2-4-12(9-10)15-11-5-7-14-8-6-11;9-5-6-2-1-3-7(4-6)8(10)11/h2-9,13H,1H3;1-5H. The number of hydrogen-bond acceptors (Lipinski definition) is 6. The minimum atomic E-state index is -0.535. The third kappa shape index (κ3) is 5.72. The fraction of sp³-hybridized carbons (Fsp3) is 0.0526. The number of non-ortho nitro benzene ring substituents is 1. The lowest BCUT2D eigenvalue weighted by Crippen LogP contribution is -1.89. The third-order valence-corrected chi connectivity index (χ3v) is 3.23. The summed E-state index contributed by atoms with van der Waals surface area (Å²) < 4.78 is 5.64. The Morgan fingerprint density at radius 3 is 2.42 bits per heavy atom. The number of aldehydes is 1. The SMILES string of the molecule is CNc1cccc(Oc2ccncc2)c1.O=Cc1cccc([N+](=O)[O-])c1. The van der Waals surface area contributed by atoms with Crippen LogP contribution in [0.5, 0.6) is 11.5 Å². The van der Waals surface area contributed by atoms with E-state index in [-0.39, 0.29) is 5.69 Å². The molecule has 132 valence electrons. The Morgan fingerprint density at radius 1 is 1.04 bits per heavy atom. The van der Waals surface area contributed by atoms with Gasteiger partial charge in [0, 0.05) is 48.9 Å². The molecule has 0 atom stereocenters. The van der Waals surface area contributed by atoms with Crippen LogP contribution in [0.4, 0.5) is 11.4 Å². The largest absolute Gasteiger partial charge is 0.457 e. The molecule has 0 aliphatic carbocycles. The Labute approximate surface area is 150 Å². The Morgan fingerprint density at radius 2 is 1.77 bits per heavy atom. The van der Waals surface area contributed by atoms with Crippen LogP contribution in [0, 0.1) is 10.1 Å². The molecule has 0 aliphatic heterocycles. The molecule has 0 saturated heterocycles. The van der Waals surface area contributed by atoms with E-state index in [0.717, 1.165) is 17.2 Å². The van der Waals surface area contributed by atoms with Gasteiger partial charge in [0.15, 0.2) is 0 Å². The first-order chi connectivity index (χ1) is 12.6. The van der Waals surface area contributed by atoms with Gasteiger partial charge in [-0.25, -0.2) is 0 Å². The first kappa shape index (κ1) is 18.6. The van der Waals surface area contributed by atoms with Crippen molar-refractivity contribution in [2.45, 2.75) is 0 Å². The van der Waals surface area contributed by atoms with Crippen molar-refractivity contribution in [1.82, 2.24) is 4.98 Å². The van der Waals surface area contributed by atoms with Crippen molar-refractivity contribution >= 4 is 17.7 Å². The van der Waals surface area contributed by atoms with E-state index in [0.29, 0.717) is 11.8 Å². The van der Waals surface area contributed by atoms with Gasteiger partial charge in [-0.2, -0.15) is 0 Å². The zero-order chi connectivity index (χ0) is 18.8. The highest BCUT2D eigenvalue weighted by Crippen LogP contribution is 2.23. The zero-order valence-corrected chi connectivity index (χ0v) is 14.0. The van der Waals surface area contributed by atoms with Crippen molar-refractivity contribution in [3.63, 3.8) is 0 Å². The number of nitrogens with zero attached hydrogens (tertiary/aromatic N) is 2. The van der Waals surface area contributed by atoms with Gasteiger partial charge < -0.3 is 10.1 Å². The molecule has 7 nitrogen and oxygen atoms in total. The molecule has 0 amide bonds. The molecule has 0 aliphatic rings. The second kappa shape index (κ2) is 9.53. The number of aromatic nitrogens is 1. The predicted molar refractivity (Wildman–Crippen MR) is 98.8 cm³/mol. The maximum absolute atomic E-state index is 10.2. The van der Waals surface area contributed by atoms with E-state index in [2.05, 4.69) is 10.3 Å². The molecular weight excluding hydrogens is 334 g/mol. The highest BCUT2D eigenvalue weighted by atomic mass is 16.6. The van der Waals surface area contributed by atoms with Gasteiger partial charge in [0.05, 0.1) is 4.92 Å². The number of anilines is 1. The average Bonchev–Trinajstić information content (AvgIpc) is 2.69. The zero-order valence-electron chi connectivity index (χ0n) is 14.0. The van der Waals surface area contributed by atoms with Gasteiger partial charge in [-0.3, -0.25) is 19.9 Å². The van der Waals surface area contributed by atoms with Crippen LogP contribution in [0.2, 0.25) is 0 Å². The number of pyridine rings is 1. The van der Waals surface area contributed by atoms with Crippen LogP contribution in [-0.4, -0.2) is 23.2 Å². The van der Waals surface area contributed by atoms with Gasteiger partial charge >= 0.3 is 0 Å². The number of nitro benzene ring substituents is 1. The minimum Gasteiger partial charge on any atom is -0.457 e. The highest BCUT2D eigenvalue weighted by Gasteiger charge is 2.03. The molecule has 3 rings (SSSR count). The first-order valence-electron chi connectivity index (χ1n) is 7.67. The lowest BCUT2D eigenvalue weighted by Gasteiger charge is -2.06. The monoisotopic (exact) mass is 351 g/mol. The van der Waals surface area contributed by atoms with Crippen molar-refractivity contribution in [2.75, 3.05) is 12.4 Å². The lowest BCUT2D eigenvalue weighted by atomic mass is 10.2. The summed E-state index contributed by atoms with van der Waals surface area (Å²) >= 11 is 0. The van der Waals surface area contributed by atoms with Crippen molar-refractivity contribution in [3.8, 4) is 11.5 Å². The molecule has 0 spiro atoms. The van der Waals surface area contributed by atoms with E-state index < -0.39 is 4.92 Å². The smallest absolute Gasteiger partial charge is 0.270 e. The highest BCUT2D eigenvalue weighted by molar-refractivity contribution is 5.75. The summed E-state index contributed by atoms with van der Waals surface area (Å²) in [6.45, 7) is 0. The first-order valence-corrected chi connectivity index (χ1v) is 7.67. The minimum absolute atomic E-state index is 0.0606. The fourth-order valence-corrected chi connectivity index (χ4v) is 1.97.